The second-order valence-corrected chi connectivity index (χ2v) is 9.56. The summed E-state index contributed by atoms with van der Waals surface area (Å²) in [5, 5.41) is 2.02. The molecule has 0 saturated heterocycles. The van der Waals surface area contributed by atoms with E-state index in [9.17, 15) is 8.42 Å². The molecule has 0 spiro atoms. The third-order valence-corrected chi connectivity index (χ3v) is 6.50. The lowest BCUT2D eigenvalue weighted by Gasteiger charge is -2.12. The topological polar surface area (TPSA) is 59.1 Å². The van der Waals surface area contributed by atoms with Crippen LogP contribution in [0.3, 0.4) is 0 Å². The van der Waals surface area contributed by atoms with Crippen LogP contribution >= 0.6 is 23.1 Å². The normalized spacial score (nSPS) is 11.9. The highest BCUT2D eigenvalue weighted by Gasteiger charge is 2.14. The average Bonchev–Trinajstić information content (AvgIpc) is 2.76. The van der Waals surface area contributed by atoms with Gasteiger partial charge in [-0.2, -0.15) is 0 Å². The van der Waals surface area contributed by atoms with Crippen molar-refractivity contribution in [2.45, 2.75) is 36.9 Å². The SMILES string of the molecule is Cc1csc(Sc2ccc(NS(=O)(=O)CC(C)C)c(C)c2)n1. The first-order valence-corrected chi connectivity index (χ1v) is 10.3. The van der Waals surface area contributed by atoms with E-state index in [2.05, 4.69) is 9.71 Å². The number of sulfonamides is 1. The second kappa shape index (κ2) is 7.02. The van der Waals surface area contributed by atoms with Gasteiger partial charge in [-0.25, -0.2) is 13.4 Å². The van der Waals surface area contributed by atoms with Crippen molar-refractivity contribution >= 4 is 38.8 Å². The van der Waals surface area contributed by atoms with E-state index in [0.717, 1.165) is 20.5 Å². The molecule has 0 saturated carbocycles. The quantitative estimate of drug-likeness (QED) is 0.838. The van der Waals surface area contributed by atoms with Crippen molar-refractivity contribution in [2.75, 3.05) is 10.5 Å². The number of hydrogen-bond acceptors (Lipinski definition) is 5. The molecule has 0 aliphatic rings. The van der Waals surface area contributed by atoms with Crippen LogP contribution in [0.2, 0.25) is 0 Å². The fourth-order valence-electron chi connectivity index (χ4n) is 1.94. The number of nitrogens with one attached hydrogen (secondary N) is 1. The third-order valence-electron chi connectivity index (χ3n) is 2.82. The summed E-state index contributed by atoms with van der Waals surface area (Å²) < 4.78 is 27.7. The van der Waals surface area contributed by atoms with Crippen LogP contribution in [0.25, 0.3) is 0 Å². The van der Waals surface area contributed by atoms with Crippen LogP contribution in [0.1, 0.15) is 25.1 Å². The molecule has 1 N–H and O–H groups in total. The average molecular weight is 357 g/mol. The third kappa shape index (κ3) is 5.00. The van der Waals surface area contributed by atoms with E-state index in [1.165, 1.54) is 0 Å². The van der Waals surface area contributed by atoms with Gasteiger partial charge in [0.15, 0.2) is 4.34 Å². The van der Waals surface area contributed by atoms with Crippen molar-refractivity contribution in [3.63, 3.8) is 0 Å². The number of rotatable bonds is 6. The lowest BCUT2D eigenvalue weighted by atomic mass is 10.2. The van der Waals surface area contributed by atoms with Gasteiger partial charge in [-0.15, -0.1) is 11.3 Å². The summed E-state index contributed by atoms with van der Waals surface area (Å²) in [5.74, 6) is 0.224. The maximum absolute atomic E-state index is 12.0. The van der Waals surface area contributed by atoms with Crippen LogP contribution in [-0.2, 0) is 10.0 Å². The van der Waals surface area contributed by atoms with E-state index in [0.29, 0.717) is 5.69 Å². The Morgan fingerprint density at radius 2 is 2.05 bits per heavy atom. The maximum atomic E-state index is 12.0. The summed E-state index contributed by atoms with van der Waals surface area (Å²) in [6.45, 7) is 7.66. The van der Waals surface area contributed by atoms with Crippen LogP contribution in [-0.4, -0.2) is 19.2 Å². The fraction of sp³-hybridized carbons (Fsp3) is 0.400. The number of aromatic nitrogens is 1. The van der Waals surface area contributed by atoms with Gasteiger partial charge in [0.2, 0.25) is 10.0 Å². The number of aryl methyl sites for hydroxylation is 2. The number of benzene rings is 1. The highest BCUT2D eigenvalue weighted by molar-refractivity contribution is 8.01. The molecule has 0 atom stereocenters. The summed E-state index contributed by atoms with van der Waals surface area (Å²) in [7, 11) is -3.29. The number of hydrogen-bond donors (Lipinski definition) is 1. The standard InChI is InChI=1S/C15H20N2O2S3/c1-10(2)9-22(18,19)17-14-6-5-13(7-11(14)3)21-15-16-12(4)8-20-15/h5-8,10,17H,9H2,1-4H3. The predicted octanol–water partition coefficient (Wildman–Crippen LogP) is 4.31. The van der Waals surface area contributed by atoms with E-state index in [4.69, 9.17) is 0 Å². The van der Waals surface area contributed by atoms with E-state index in [1.54, 1.807) is 23.1 Å². The van der Waals surface area contributed by atoms with Crippen molar-refractivity contribution in [2.24, 2.45) is 5.92 Å². The Bertz CT molecular complexity index is 752. The minimum Gasteiger partial charge on any atom is -0.283 e. The fourth-order valence-corrected chi connectivity index (χ4v) is 5.38. The molecule has 1 heterocycles. The molecule has 1 aromatic carbocycles. The first-order valence-electron chi connectivity index (χ1n) is 6.96. The lowest BCUT2D eigenvalue weighted by molar-refractivity contribution is 0.587. The minimum absolute atomic E-state index is 0.0979. The molecule has 120 valence electrons. The van der Waals surface area contributed by atoms with Gasteiger partial charge in [0.25, 0.3) is 0 Å². The second-order valence-electron chi connectivity index (χ2n) is 5.61. The molecule has 2 rings (SSSR count). The van der Waals surface area contributed by atoms with E-state index in [1.807, 2.05) is 51.3 Å². The van der Waals surface area contributed by atoms with Gasteiger partial charge in [0.05, 0.1) is 11.4 Å². The Morgan fingerprint density at radius 3 is 2.59 bits per heavy atom. The molecular weight excluding hydrogens is 336 g/mol. The molecule has 0 fully saturated rings. The number of thiazole rings is 1. The Labute approximate surface area is 140 Å². The lowest BCUT2D eigenvalue weighted by Crippen LogP contribution is -2.20. The smallest absolute Gasteiger partial charge is 0.232 e. The molecule has 0 amide bonds. The summed E-state index contributed by atoms with van der Waals surface area (Å²) in [5.41, 5.74) is 2.56. The molecule has 0 unspecified atom stereocenters. The van der Waals surface area contributed by atoms with E-state index >= 15 is 0 Å². The van der Waals surface area contributed by atoms with E-state index < -0.39 is 10.0 Å². The number of anilines is 1. The molecule has 0 radical (unpaired) electrons. The Morgan fingerprint density at radius 1 is 1.32 bits per heavy atom. The molecular formula is C15H20N2O2S3. The molecule has 2 aromatic rings. The minimum atomic E-state index is -3.29. The van der Waals surface area contributed by atoms with Gasteiger partial charge in [-0.1, -0.05) is 25.6 Å². The van der Waals surface area contributed by atoms with Gasteiger partial charge in [-0.3, -0.25) is 4.72 Å². The highest BCUT2D eigenvalue weighted by Crippen LogP contribution is 2.32. The van der Waals surface area contributed by atoms with Gasteiger partial charge >= 0.3 is 0 Å². The zero-order valence-corrected chi connectivity index (χ0v) is 15.5. The first kappa shape index (κ1) is 17.3. The van der Waals surface area contributed by atoms with Crippen molar-refractivity contribution in [1.29, 1.82) is 0 Å². The largest absolute Gasteiger partial charge is 0.283 e. The first-order chi connectivity index (χ1) is 10.2. The monoisotopic (exact) mass is 356 g/mol. The van der Waals surface area contributed by atoms with Gasteiger partial charge in [-0.05, 0) is 43.5 Å². The van der Waals surface area contributed by atoms with Crippen molar-refractivity contribution in [3.8, 4) is 0 Å². The maximum Gasteiger partial charge on any atom is 0.232 e. The van der Waals surface area contributed by atoms with Crippen molar-refractivity contribution < 1.29 is 8.42 Å². The summed E-state index contributed by atoms with van der Waals surface area (Å²) in [6, 6.07) is 5.71. The molecule has 0 aliphatic heterocycles. The van der Waals surface area contributed by atoms with Crippen LogP contribution in [0.4, 0.5) is 5.69 Å². The van der Waals surface area contributed by atoms with Gasteiger partial charge in [0.1, 0.15) is 0 Å². The van der Waals surface area contributed by atoms with Crippen LogP contribution in [0, 0.1) is 19.8 Å². The van der Waals surface area contributed by atoms with Crippen LogP contribution < -0.4 is 4.72 Å². The predicted molar refractivity (Wildman–Crippen MR) is 94.4 cm³/mol. The molecule has 0 bridgehead atoms. The zero-order chi connectivity index (χ0) is 16.3. The molecule has 1 aromatic heterocycles. The summed E-state index contributed by atoms with van der Waals surface area (Å²) in [6.07, 6.45) is 0. The van der Waals surface area contributed by atoms with Gasteiger partial charge < -0.3 is 0 Å². The Kier molecular flexibility index (Phi) is 5.52. The molecule has 22 heavy (non-hydrogen) atoms. The summed E-state index contributed by atoms with van der Waals surface area (Å²) in [4.78, 5) is 5.47. The highest BCUT2D eigenvalue weighted by atomic mass is 32.2. The van der Waals surface area contributed by atoms with Crippen LogP contribution in [0.15, 0.2) is 32.8 Å². The zero-order valence-electron chi connectivity index (χ0n) is 13.1. The van der Waals surface area contributed by atoms with Gasteiger partial charge in [0, 0.05) is 16.0 Å². The summed E-state index contributed by atoms with van der Waals surface area (Å²) >= 11 is 3.20. The van der Waals surface area contributed by atoms with E-state index in [-0.39, 0.29) is 11.7 Å². The van der Waals surface area contributed by atoms with Crippen molar-refractivity contribution in [3.05, 3.63) is 34.8 Å². The Balaban J connectivity index is 2.13. The van der Waals surface area contributed by atoms with Crippen molar-refractivity contribution in [1.82, 2.24) is 4.98 Å². The Hall–Kier alpha value is -1.05. The molecule has 0 aliphatic carbocycles. The van der Waals surface area contributed by atoms with Crippen LogP contribution in [0.5, 0.6) is 0 Å². The number of nitrogens with zero attached hydrogens (tertiary/aromatic N) is 1. The molecule has 4 nitrogen and oxygen atoms in total. The molecule has 7 heteroatoms.